The lowest BCUT2D eigenvalue weighted by atomic mass is 9.86. The van der Waals surface area contributed by atoms with Crippen molar-refractivity contribution in [2.75, 3.05) is 6.54 Å². The number of carbonyl (C=O) groups is 2. The van der Waals surface area contributed by atoms with E-state index in [-0.39, 0.29) is 17.9 Å². The van der Waals surface area contributed by atoms with Crippen LogP contribution in [-0.4, -0.2) is 41.1 Å². The Morgan fingerprint density at radius 2 is 1.64 bits per heavy atom. The number of carbonyl (C=O) groups excluding carboxylic acids is 2. The molecule has 1 aliphatic heterocycles. The van der Waals surface area contributed by atoms with Gasteiger partial charge in [0.15, 0.2) is 0 Å². The fraction of sp³-hybridized carbons (Fsp3) is 0.462. The zero-order valence-electron chi connectivity index (χ0n) is 19.6. The Hall–Kier alpha value is -2.24. The van der Waals surface area contributed by atoms with E-state index in [0.29, 0.717) is 23.0 Å². The van der Waals surface area contributed by atoms with Gasteiger partial charge in [0.25, 0.3) is 0 Å². The van der Waals surface area contributed by atoms with Gasteiger partial charge in [0.05, 0.1) is 0 Å². The summed E-state index contributed by atoms with van der Waals surface area (Å²) in [5.41, 5.74) is 1.60. The van der Waals surface area contributed by atoms with Crippen LogP contribution in [0.1, 0.15) is 57.6 Å². The Balaban J connectivity index is 1.75. The van der Waals surface area contributed by atoms with E-state index in [1.165, 1.54) is 0 Å². The number of halogens is 2. The highest BCUT2D eigenvalue weighted by molar-refractivity contribution is 6.30. The molecule has 0 radical (unpaired) electrons. The Morgan fingerprint density at radius 3 is 2.21 bits per heavy atom. The Kier molecular flexibility index (Phi) is 8.30. The van der Waals surface area contributed by atoms with Gasteiger partial charge in [-0.25, -0.2) is 4.79 Å². The van der Waals surface area contributed by atoms with Gasteiger partial charge in [-0.05, 0) is 82.3 Å². The summed E-state index contributed by atoms with van der Waals surface area (Å²) in [4.78, 5) is 27.4. The zero-order valence-corrected chi connectivity index (χ0v) is 21.1. The second-order valence-electron chi connectivity index (χ2n) is 9.62. The van der Waals surface area contributed by atoms with Crippen LogP contribution in [0.2, 0.25) is 10.0 Å². The molecular formula is C26H32Cl2N2O3. The molecule has 1 fully saturated rings. The topological polar surface area (TPSA) is 58.6 Å². The fourth-order valence-corrected chi connectivity index (χ4v) is 4.42. The number of amides is 2. The maximum absolute atomic E-state index is 13.2. The number of ether oxygens (including phenoxy) is 1. The van der Waals surface area contributed by atoms with Crippen LogP contribution >= 0.6 is 23.2 Å². The summed E-state index contributed by atoms with van der Waals surface area (Å²) >= 11 is 12.2. The molecule has 2 aromatic rings. The maximum Gasteiger partial charge on any atom is 0.410 e. The van der Waals surface area contributed by atoms with Gasteiger partial charge in [-0.15, -0.1) is 0 Å². The number of likely N-dealkylation sites (tertiary alicyclic amines) is 1. The number of nitrogens with zero attached hydrogens (tertiary/aromatic N) is 1. The predicted octanol–water partition coefficient (Wildman–Crippen LogP) is 6.22. The fourth-order valence-electron chi connectivity index (χ4n) is 4.17. The van der Waals surface area contributed by atoms with E-state index in [1.54, 1.807) is 4.90 Å². The standard InChI is InChI=1S/C26H32Cl2N2O3/c1-17(29-24(31)23-6-5-15-30(23)25(32)33-26(2,3)4)22(19-9-13-21(28)14-10-19)16-18-7-11-20(27)12-8-18/h7-14,17,22-23H,5-6,15-16H2,1-4H3,(H,29,31)/t17?,22?,23-/m0/s1. The van der Waals surface area contributed by atoms with Gasteiger partial charge in [0.1, 0.15) is 11.6 Å². The molecule has 3 atom stereocenters. The summed E-state index contributed by atoms with van der Waals surface area (Å²) in [5, 5.41) is 4.52. The molecule has 7 heteroatoms. The van der Waals surface area contributed by atoms with Crippen LogP contribution in [0.15, 0.2) is 48.5 Å². The summed E-state index contributed by atoms with van der Waals surface area (Å²) in [6, 6.07) is 14.8. The molecule has 3 rings (SSSR count). The molecule has 0 bridgehead atoms. The van der Waals surface area contributed by atoms with Crippen molar-refractivity contribution in [3.8, 4) is 0 Å². The lowest BCUT2D eigenvalue weighted by Crippen LogP contribution is -2.50. The minimum atomic E-state index is -0.605. The van der Waals surface area contributed by atoms with E-state index in [4.69, 9.17) is 27.9 Å². The molecule has 0 aliphatic carbocycles. The van der Waals surface area contributed by atoms with Crippen molar-refractivity contribution in [2.24, 2.45) is 0 Å². The van der Waals surface area contributed by atoms with Gasteiger partial charge in [0, 0.05) is 28.5 Å². The lowest BCUT2D eigenvalue weighted by molar-refractivity contribution is -0.126. The molecule has 0 aromatic heterocycles. The number of hydrogen-bond donors (Lipinski definition) is 1. The highest BCUT2D eigenvalue weighted by Crippen LogP contribution is 2.28. The van der Waals surface area contributed by atoms with Crippen molar-refractivity contribution in [1.29, 1.82) is 0 Å². The van der Waals surface area contributed by atoms with Gasteiger partial charge < -0.3 is 10.1 Å². The first-order valence-electron chi connectivity index (χ1n) is 11.3. The molecular weight excluding hydrogens is 459 g/mol. The van der Waals surface area contributed by atoms with Crippen molar-refractivity contribution >= 4 is 35.2 Å². The molecule has 2 aromatic carbocycles. The van der Waals surface area contributed by atoms with E-state index < -0.39 is 17.7 Å². The van der Waals surface area contributed by atoms with E-state index in [0.717, 1.165) is 24.0 Å². The minimum absolute atomic E-state index is 0.0174. The second-order valence-corrected chi connectivity index (χ2v) is 10.5. The first-order valence-corrected chi connectivity index (χ1v) is 12.1. The number of nitrogens with one attached hydrogen (secondary N) is 1. The molecule has 1 N–H and O–H groups in total. The normalized spacial score (nSPS) is 18.0. The van der Waals surface area contributed by atoms with Crippen molar-refractivity contribution in [3.05, 3.63) is 69.7 Å². The summed E-state index contributed by atoms with van der Waals surface area (Å²) in [5.74, 6) is -0.135. The summed E-state index contributed by atoms with van der Waals surface area (Å²) < 4.78 is 5.51. The van der Waals surface area contributed by atoms with Gasteiger partial charge >= 0.3 is 6.09 Å². The lowest BCUT2D eigenvalue weighted by Gasteiger charge is -2.30. The third-order valence-electron chi connectivity index (χ3n) is 5.82. The zero-order chi connectivity index (χ0) is 24.2. The summed E-state index contributed by atoms with van der Waals surface area (Å²) in [6.07, 6.45) is 1.68. The van der Waals surface area contributed by atoms with E-state index in [9.17, 15) is 9.59 Å². The highest BCUT2D eigenvalue weighted by atomic mass is 35.5. The predicted molar refractivity (Wildman–Crippen MR) is 133 cm³/mol. The smallest absolute Gasteiger partial charge is 0.410 e. The SMILES string of the molecule is CC(NC(=O)[C@@H]1CCCN1C(=O)OC(C)(C)C)C(Cc1ccc(Cl)cc1)c1ccc(Cl)cc1. The third-order valence-corrected chi connectivity index (χ3v) is 6.33. The monoisotopic (exact) mass is 490 g/mol. The van der Waals surface area contributed by atoms with Gasteiger partial charge in [0.2, 0.25) is 5.91 Å². The first kappa shape index (κ1) is 25.4. The molecule has 0 spiro atoms. The van der Waals surface area contributed by atoms with Crippen LogP contribution in [0.25, 0.3) is 0 Å². The van der Waals surface area contributed by atoms with Crippen LogP contribution in [0, 0.1) is 0 Å². The van der Waals surface area contributed by atoms with E-state index in [1.807, 2.05) is 76.2 Å². The summed E-state index contributed by atoms with van der Waals surface area (Å²) in [7, 11) is 0. The molecule has 33 heavy (non-hydrogen) atoms. The molecule has 1 heterocycles. The van der Waals surface area contributed by atoms with Gasteiger partial charge in [-0.1, -0.05) is 47.5 Å². The number of rotatable bonds is 6. The quantitative estimate of drug-likeness (QED) is 0.522. The van der Waals surface area contributed by atoms with Crippen molar-refractivity contribution in [3.63, 3.8) is 0 Å². The van der Waals surface area contributed by atoms with Crippen LogP contribution in [0.3, 0.4) is 0 Å². The number of hydrogen-bond acceptors (Lipinski definition) is 3. The maximum atomic E-state index is 13.2. The molecule has 2 amide bonds. The molecule has 2 unspecified atom stereocenters. The van der Waals surface area contributed by atoms with Crippen LogP contribution in [0.5, 0.6) is 0 Å². The van der Waals surface area contributed by atoms with Crippen LogP contribution in [0.4, 0.5) is 4.79 Å². The second kappa shape index (κ2) is 10.8. The largest absolute Gasteiger partial charge is 0.444 e. The molecule has 178 valence electrons. The van der Waals surface area contributed by atoms with Crippen LogP contribution < -0.4 is 5.32 Å². The molecule has 5 nitrogen and oxygen atoms in total. The van der Waals surface area contributed by atoms with Crippen LogP contribution in [-0.2, 0) is 16.0 Å². The molecule has 1 aliphatic rings. The van der Waals surface area contributed by atoms with Gasteiger partial charge in [-0.2, -0.15) is 0 Å². The Labute approximate surface area is 206 Å². The summed E-state index contributed by atoms with van der Waals surface area (Å²) in [6.45, 7) is 8.00. The third kappa shape index (κ3) is 7.12. The molecule has 0 saturated carbocycles. The minimum Gasteiger partial charge on any atom is -0.444 e. The van der Waals surface area contributed by atoms with Crippen molar-refractivity contribution < 1.29 is 14.3 Å². The van der Waals surface area contributed by atoms with Gasteiger partial charge in [-0.3, -0.25) is 9.69 Å². The molecule has 1 saturated heterocycles. The first-order chi connectivity index (χ1) is 15.5. The number of benzene rings is 2. The average Bonchev–Trinajstić information content (AvgIpc) is 3.23. The van der Waals surface area contributed by atoms with Crippen molar-refractivity contribution in [1.82, 2.24) is 10.2 Å². The Morgan fingerprint density at radius 1 is 1.06 bits per heavy atom. The van der Waals surface area contributed by atoms with E-state index >= 15 is 0 Å². The van der Waals surface area contributed by atoms with Crippen molar-refractivity contribution in [2.45, 2.75) is 70.6 Å². The average molecular weight is 491 g/mol. The Bertz CT molecular complexity index is 955. The highest BCUT2D eigenvalue weighted by Gasteiger charge is 2.37. The van der Waals surface area contributed by atoms with E-state index in [2.05, 4.69) is 5.32 Å².